The molecule has 0 amide bonds. The zero-order chi connectivity index (χ0) is 19.3. The highest BCUT2D eigenvalue weighted by Gasteiger charge is 2.24. The van der Waals surface area contributed by atoms with Crippen LogP contribution >= 0.6 is 0 Å². The van der Waals surface area contributed by atoms with Gasteiger partial charge in [-0.2, -0.15) is 10.1 Å². The number of nitrogens with zero attached hydrogens (tertiary/aromatic N) is 6. The molecule has 0 radical (unpaired) electrons. The number of aliphatic imine (C=N–C) groups is 1. The second kappa shape index (κ2) is 8.31. The molecule has 0 saturated carbocycles. The van der Waals surface area contributed by atoms with Gasteiger partial charge in [0.15, 0.2) is 0 Å². The maximum Gasteiger partial charge on any atom is 0.252 e. The maximum atomic E-state index is 5.87. The number of hydrogen-bond acceptors (Lipinski definition) is 6. The van der Waals surface area contributed by atoms with Gasteiger partial charge in [-0.05, 0) is 56.3 Å². The van der Waals surface area contributed by atoms with Gasteiger partial charge in [0.25, 0.3) is 5.78 Å². The monoisotopic (exact) mass is 375 g/mol. The molecule has 0 bridgehead atoms. The van der Waals surface area contributed by atoms with Crippen LogP contribution in [0.5, 0.6) is 0 Å². The molecule has 28 heavy (non-hydrogen) atoms. The lowest BCUT2D eigenvalue weighted by Crippen LogP contribution is -2.36. The minimum Gasteiger partial charge on any atom is -0.404 e. The summed E-state index contributed by atoms with van der Waals surface area (Å²) in [6.45, 7) is 4.80. The van der Waals surface area contributed by atoms with Crippen molar-refractivity contribution in [2.24, 2.45) is 10.7 Å². The van der Waals surface area contributed by atoms with Gasteiger partial charge < -0.3 is 5.73 Å². The molecule has 1 aliphatic rings. The smallest absolute Gasteiger partial charge is 0.252 e. The first-order valence-corrected chi connectivity index (χ1v) is 9.62. The summed E-state index contributed by atoms with van der Waals surface area (Å²) in [7, 11) is 0. The molecular weight excluding hydrogens is 350 g/mol. The van der Waals surface area contributed by atoms with Crippen molar-refractivity contribution in [1.29, 1.82) is 0 Å². The van der Waals surface area contributed by atoms with Gasteiger partial charge in [0.1, 0.15) is 6.33 Å². The summed E-state index contributed by atoms with van der Waals surface area (Å²) in [5, 5.41) is 4.37. The Morgan fingerprint density at radius 1 is 1.32 bits per heavy atom. The van der Waals surface area contributed by atoms with Gasteiger partial charge in [-0.25, -0.2) is 9.50 Å². The molecule has 144 valence electrons. The number of hydrogen-bond donors (Lipinski definition) is 1. The number of likely N-dealkylation sites (tertiary alicyclic amines) is 1. The van der Waals surface area contributed by atoms with Crippen LogP contribution in [0.15, 0.2) is 59.5 Å². The summed E-state index contributed by atoms with van der Waals surface area (Å²) >= 11 is 0. The molecule has 4 rings (SSSR count). The van der Waals surface area contributed by atoms with E-state index in [0.29, 0.717) is 11.7 Å². The van der Waals surface area contributed by atoms with Gasteiger partial charge in [-0.3, -0.25) is 9.89 Å². The van der Waals surface area contributed by atoms with Crippen LogP contribution < -0.4 is 5.73 Å². The third-order valence-electron chi connectivity index (χ3n) is 5.09. The van der Waals surface area contributed by atoms with E-state index in [0.717, 1.165) is 49.4 Å². The van der Waals surface area contributed by atoms with Gasteiger partial charge in [0.05, 0.1) is 11.4 Å². The third-order valence-corrected chi connectivity index (χ3v) is 5.09. The summed E-state index contributed by atoms with van der Waals surface area (Å²) in [6, 6.07) is 12.0. The van der Waals surface area contributed by atoms with E-state index in [9.17, 15) is 0 Å². The van der Waals surface area contributed by atoms with Gasteiger partial charge in [0.2, 0.25) is 0 Å². The first-order chi connectivity index (χ1) is 13.7. The predicted molar refractivity (Wildman–Crippen MR) is 111 cm³/mol. The molecule has 0 aliphatic carbocycles. The lowest BCUT2D eigenvalue weighted by molar-refractivity contribution is 0.222. The van der Waals surface area contributed by atoms with Crippen molar-refractivity contribution in [2.45, 2.75) is 25.7 Å². The summed E-state index contributed by atoms with van der Waals surface area (Å²) in [6.07, 6.45) is 7.36. The average Bonchev–Trinajstić information content (AvgIpc) is 3.20. The number of rotatable bonds is 5. The molecule has 1 fully saturated rings. The molecule has 2 aromatic heterocycles. The quantitative estimate of drug-likeness (QED) is 0.693. The summed E-state index contributed by atoms with van der Waals surface area (Å²) in [4.78, 5) is 15.7. The molecule has 1 aliphatic heterocycles. The fourth-order valence-corrected chi connectivity index (χ4v) is 3.76. The number of aryl methyl sites for hydroxylation is 1. The minimum atomic E-state index is 0.393. The van der Waals surface area contributed by atoms with Crippen molar-refractivity contribution in [1.82, 2.24) is 24.5 Å². The van der Waals surface area contributed by atoms with Crippen LogP contribution in [0.25, 0.3) is 5.78 Å². The summed E-state index contributed by atoms with van der Waals surface area (Å²) in [5.41, 5.74) is 9.97. The van der Waals surface area contributed by atoms with Crippen LogP contribution in [-0.4, -0.2) is 50.3 Å². The van der Waals surface area contributed by atoms with Crippen LogP contribution in [0, 0.1) is 6.92 Å². The highest BCUT2D eigenvalue weighted by molar-refractivity contribution is 5.81. The Morgan fingerprint density at radius 3 is 3.00 bits per heavy atom. The van der Waals surface area contributed by atoms with Gasteiger partial charge in [0, 0.05) is 30.9 Å². The lowest BCUT2D eigenvalue weighted by Gasteiger charge is -2.33. The fourth-order valence-electron chi connectivity index (χ4n) is 3.76. The van der Waals surface area contributed by atoms with E-state index in [2.05, 4.69) is 31.0 Å². The molecule has 1 saturated heterocycles. The van der Waals surface area contributed by atoms with Crippen molar-refractivity contribution in [3.63, 3.8) is 0 Å². The fraction of sp³-hybridized carbons (Fsp3) is 0.333. The van der Waals surface area contributed by atoms with Gasteiger partial charge >= 0.3 is 0 Å². The van der Waals surface area contributed by atoms with E-state index in [-0.39, 0.29) is 0 Å². The zero-order valence-electron chi connectivity index (χ0n) is 16.1. The Morgan fingerprint density at radius 2 is 2.18 bits per heavy atom. The first-order valence-electron chi connectivity index (χ1n) is 9.62. The summed E-state index contributed by atoms with van der Waals surface area (Å²) < 4.78 is 1.87. The van der Waals surface area contributed by atoms with Crippen LogP contribution in [0.1, 0.15) is 30.1 Å². The van der Waals surface area contributed by atoms with E-state index < -0.39 is 0 Å². The second-order valence-electron chi connectivity index (χ2n) is 7.20. The molecule has 0 spiro atoms. The second-order valence-corrected chi connectivity index (χ2v) is 7.20. The average molecular weight is 375 g/mol. The van der Waals surface area contributed by atoms with E-state index in [4.69, 9.17) is 5.73 Å². The Hall–Kier alpha value is -3.06. The highest BCUT2D eigenvalue weighted by atomic mass is 15.3. The molecule has 1 atom stereocenters. The van der Waals surface area contributed by atoms with Crippen LogP contribution in [0.4, 0.5) is 5.69 Å². The largest absolute Gasteiger partial charge is 0.404 e. The number of para-hydroxylation sites is 1. The number of benzene rings is 1. The predicted octanol–water partition coefficient (Wildman–Crippen LogP) is 2.86. The van der Waals surface area contributed by atoms with E-state index >= 15 is 0 Å². The molecule has 3 heterocycles. The molecule has 3 aromatic rings. The van der Waals surface area contributed by atoms with E-state index in [1.807, 2.05) is 48.0 Å². The number of nitrogens with two attached hydrogens (primary N) is 1. The summed E-state index contributed by atoms with van der Waals surface area (Å²) in [5.74, 6) is 1.06. The molecule has 7 nitrogen and oxygen atoms in total. The van der Waals surface area contributed by atoms with Crippen LogP contribution in [0.2, 0.25) is 0 Å². The van der Waals surface area contributed by atoms with Crippen LogP contribution in [0.3, 0.4) is 0 Å². The van der Waals surface area contributed by atoms with Crippen LogP contribution in [-0.2, 0) is 0 Å². The number of piperidine rings is 1. The van der Waals surface area contributed by atoms with Gasteiger partial charge in [-0.15, -0.1) is 0 Å². The lowest BCUT2D eigenvalue weighted by atomic mass is 9.93. The molecule has 1 aromatic carbocycles. The Bertz CT molecular complexity index is 990. The SMILES string of the molecule is Cc1cc(C2CCCN(CC(C=Nc3ccccc3)=CN)C2)n2ncnc2n1. The minimum absolute atomic E-state index is 0.393. The van der Waals surface area contributed by atoms with Crippen molar-refractivity contribution >= 4 is 17.7 Å². The standard InChI is InChI=1S/C21H25N7/c1-16-10-20(28-21(26-16)24-15-25-28)18-6-5-9-27(14-18)13-17(11-22)12-23-19-7-3-2-4-8-19/h2-4,7-8,10-12,15,18H,5-6,9,13-14,22H2,1H3. The normalized spacial score (nSPS) is 18.9. The highest BCUT2D eigenvalue weighted by Crippen LogP contribution is 2.27. The zero-order valence-corrected chi connectivity index (χ0v) is 16.1. The van der Waals surface area contributed by atoms with Crippen molar-refractivity contribution < 1.29 is 0 Å². The molecule has 7 heteroatoms. The molecule has 1 unspecified atom stereocenters. The third kappa shape index (κ3) is 4.09. The van der Waals surface area contributed by atoms with E-state index in [1.54, 1.807) is 12.5 Å². The Labute approximate surface area is 164 Å². The molecular formula is C21H25N7. The number of aromatic nitrogens is 4. The topological polar surface area (TPSA) is 84.7 Å². The number of fused-ring (bicyclic) bond motifs is 1. The van der Waals surface area contributed by atoms with Crippen molar-refractivity contribution in [3.8, 4) is 0 Å². The van der Waals surface area contributed by atoms with Gasteiger partial charge in [-0.1, -0.05) is 18.2 Å². The van der Waals surface area contributed by atoms with Crippen molar-refractivity contribution in [2.75, 3.05) is 19.6 Å². The molecule has 2 N–H and O–H groups in total. The Kier molecular flexibility index (Phi) is 5.43. The van der Waals surface area contributed by atoms with Crippen molar-refractivity contribution in [3.05, 3.63) is 65.9 Å². The first kappa shape index (κ1) is 18.3. The Balaban J connectivity index is 1.47. The maximum absolute atomic E-state index is 5.87. The van der Waals surface area contributed by atoms with E-state index in [1.165, 1.54) is 5.69 Å².